The Morgan fingerprint density at radius 3 is 0.750 bits per heavy atom. The summed E-state index contributed by atoms with van der Waals surface area (Å²) in [5, 5.41) is 0. The molecule has 0 aromatic heterocycles. The van der Waals surface area contributed by atoms with Crippen LogP contribution in [0.3, 0.4) is 0 Å². The van der Waals surface area contributed by atoms with E-state index >= 15 is 0 Å². The zero-order valence-electron chi connectivity index (χ0n) is 2.23. The molecule has 4 heavy (non-hydrogen) atoms. The molecule has 0 N–H and O–H groups in total. The van der Waals surface area contributed by atoms with Crippen LogP contribution < -0.4 is 0 Å². The van der Waals surface area contributed by atoms with E-state index < -0.39 is 0 Å². The molecule has 0 aliphatic carbocycles. The second-order valence-electron chi connectivity index (χ2n) is 0. The first kappa shape index (κ1) is 37.3. The van der Waals surface area contributed by atoms with Crippen LogP contribution in [0.4, 0.5) is 0 Å². The van der Waals surface area contributed by atoms with Gasteiger partial charge in [-0.1, -0.05) is 0 Å². The molecule has 0 radical (unpaired) electrons. The molecule has 0 atom stereocenters. The van der Waals surface area contributed by atoms with Crippen LogP contribution in [0.25, 0.3) is 0 Å². The summed E-state index contributed by atoms with van der Waals surface area (Å²) in [6.07, 6.45) is 0. The summed E-state index contributed by atoms with van der Waals surface area (Å²) in [6, 6.07) is 0. The van der Waals surface area contributed by atoms with Crippen LogP contribution in [-0.4, -0.2) is 34.1 Å². The summed E-state index contributed by atoms with van der Waals surface area (Å²) in [4.78, 5) is 0. The van der Waals surface area contributed by atoms with Crippen LogP contribution in [0.2, 0.25) is 0 Å². The Balaban J connectivity index is 0. The van der Waals surface area contributed by atoms with Gasteiger partial charge in [0.05, 0.1) is 0 Å². The van der Waals surface area contributed by atoms with Gasteiger partial charge in [-0.05, 0) is 0 Å². The Bertz CT molecular complexity index is 6.00. The molecule has 0 rings (SSSR count). The third-order valence-electron chi connectivity index (χ3n) is 0. The topological polar surface area (TPSA) is 0 Å². The van der Waals surface area contributed by atoms with E-state index in [4.69, 9.17) is 0 Å². The molecule has 0 saturated heterocycles. The molecule has 0 fully saturated rings. The SMILES string of the molecule is [SH4+2].[Se-2].[Se-2].[Zn+2]. The van der Waals surface area contributed by atoms with Crippen LogP contribution in [0.1, 0.15) is 0 Å². The van der Waals surface area contributed by atoms with Gasteiger partial charge in [-0.3, -0.25) is 0 Å². The zero-order valence-corrected chi connectivity index (χ0v) is 10.0. The maximum Gasteiger partial charge on any atom is 2.00 e. The van der Waals surface area contributed by atoms with E-state index in [9.17, 15) is 0 Å². The Hall–Kier alpha value is 2.01. The van der Waals surface area contributed by atoms with Gasteiger partial charge in [-0.15, -0.1) is 0 Å². The Morgan fingerprint density at radius 1 is 0.750 bits per heavy atom. The van der Waals surface area contributed by atoms with Gasteiger partial charge >= 0.3 is 19.5 Å². The van der Waals surface area contributed by atoms with Gasteiger partial charge in [0.25, 0.3) is 0 Å². The molecule has 0 aliphatic heterocycles. The summed E-state index contributed by atoms with van der Waals surface area (Å²) in [6.45, 7) is 0. The largest absolute Gasteiger partial charge is 2.00 e. The summed E-state index contributed by atoms with van der Waals surface area (Å²) < 4.78 is 0. The molecule has 0 unspecified atom stereocenters. The van der Waals surface area contributed by atoms with Gasteiger partial charge in [0.15, 0.2) is 0 Å². The second kappa shape index (κ2) is 19.9. The van der Waals surface area contributed by atoms with Crippen molar-refractivity contribution >= 4 is 47.6 Å². The van der Waals surface area contributed by atoms with Crippen molar-refractivity contribution in [3.63, 3.8) is 0 Å². The van der Waals surface area contributed by atoms with Gasteiger partial charge in [0, 0.05) is 0 Å². The van der Waals surface area contributed by atoms with Crippen molar-refractivity contribution in [2.45, 2.75) is 0 Å². The van der Waals surface area contributed by atoms with Crippen molar-refractivity contribution < 1.29 is 19.5 Å². The first-order valence-electron chi connectivity index (χ1n) is 0. The van der Waals surface area contributed by atoms with Crippen LogP contribution in [0.15, 0.2) is 0 Å². The van der Waals surface area contributed by atoms with Crippen molar-refractivity contribution in [1.29, 1.82) is 0 Å². The molecule has 0 aromatic rings. The molecule has 0 heterocycles. The first-order valence-corrected chi connectivity index (χ1v) is 0. The minimum Gasteiger partial charge on any atom is -2.00 e. The monoisotopic (exact) mass is 260 g/mol. The molecule has 0 spiro atoms. The summed E-state index contributed by atoms with van der Waals surface area (Å²) >= 11 is 0. The number of rotatable bonds is 0. The Labute approximate surface area is 66.6 Å². The predicted octanol–water partition coefficient (Wildman–Crippen LogP) is -1.84. The molecule has 24 valence electrons. The number of hydrogen-bond donors (Lipinski definition) is 0. The van der Waals surface area contributed by atoms with Gasteiger partial charge in [-0.2, -0.15) is 0 Å². The maximum atomic E-state index is 0. The molecular formula is H4SSe2Zn. The van der Waals surface area contributed by atoms with E-state index in [-0.39, 0.29) is 67.1 Å². The molecule has 4 heteroatoms. The van der Waals surface area contributed by atoms with Crippen molar-refractivity contribution in [2.24, 2.45) is 0 Å². The minimum atomic E-state index is 0. The quantitative estimate of drug-likeness (QED) is 0.449. The average Bonchev–Trinajstić information content (AvgIpc) is 0. The van der Waals surface area contributed by atoms with Crippen molar-refractivity contribution in [3.8, 4) is 0 Å². The van der Waals surface area contributed by atoms with Gasteiger partial charge < -0.3 is 34.1 Å². The molecule has 0 amide bonds. The number of hydrogen-bond acceptors (Lipinski definition) is 0. The van der Waals surface area contributed by atoms with E-state index in [0.29, 0.717) is 0 Å². The normalized spacial score (nSPS) is 0. The summed E-state index contributed by atoms with van der Waals surface area (Å²) in [5.41, 5.74) is 0. The molecule has 0 aromatic carbocycles. The fraction of sp³-hybridized carbons (Fsp3) is 0. The standard InChI is InChI=1S/H4S.2Se.Zn/h1H4;;;/q+2;2*-2;+2. The van der Waals surface area contributed by atoms with Gasteiger partial charge in [0.1, 0.15) is 0 Å². The Morgan fingerprint density at radius 2 is 0.750 bits per heavy atom. The van der Waals surface area contributed by atoms with Crippen molar-refractivity contribution in [1.82, 2.24) is 0 Å². The van der Waals surface area contributed by atoms with E-state index in [1.54, 1.807) is 0 Å². The van der Waals surface area contributed by atoms with E-state index in [1.807, 2.05) is 0 Å². The van der Waals surface area contributed by atoms with E-state index in [2.05, 4.69) is 0 Å². The molecular weight excluding hydrogens is 255 g/mol. The second-order valence-corrected chi connectivity index (χ2v) is 0. The third kappa shape index (κ3) is 8.99. The van der Waals surface area contributed by atoms with Crippen LogP contribution in [0, 0.1) is 0 Å². The predicted molar refractivity (Wildman–Crippen MR) is 24.5 cm³/mol. The van der Waals surface area contributed by atoms with Crippen molar-refractivity contribution in [2.75, 3.05) is 0 Å². The molecule has 0 bridgehead atoms. The van der Waals surface area contributed by atoms with Crippen molar-refractivity contribution in [3.05, 3.63) is 0 Å². The Kier molecular flexibility index (Phi) is 186. The van der Waals surface area contributed by atoms with Crippen LogP contribution in [-0.2, 0) is 33.0 Å². The van der Waals surface area contributed by atoms with Gasteiger partial charge in [0.2, 0.25) is 0 Å². The minimum absolute atomic E-state index is 0. The molecule has 0 nitrogen and oxygen atoms in total. The fourth-order valence-corrected chi connectivity index (χ4v) is 0. The molecule has 0 saturated carbocycles. The van der Waals surface area contributed by atoms with Gasteiger partial charge in [-0.25, -0.2) is 13.5 Å². The summed E-state index contributed by atoms with van der Waals surface area (Å²) in [7, 11) is 0. The van der Waals surface area contributed by atoms with E-state index in [0.717, 1.165) is 0 Å². The van der Waals surface area contributed by atoms with E-state index in [1.165, 1.54) is 0 Å². The zero-order chi connectivity index (χ0) is 0. The maximum absolute atomic E-state index is 0. The summed E-state index contributed by atoms with van der Waals surface area (Å²) in [5.74, 6) is 0. The fourth-order valence-electron chi connectivity index (χ4n) is 0. The first-order chi connectivity index (χ1) is 0. The van der Waals surface area contributed by atoms with Crippen LogP contribution in [0.5, 0.6) is 0 Å². The molecule has 0 aliphatic rings. The van der Waals surface area contributed by atoms with Crippen LogP contribution >= 0.6 is 0 Å². The average molecular weight is 259 g/mol. The smallest absolute Gasteiger partial charge is 2.00 e. The third-order valence-corrected chi connectivity index (χ3v) is 0.